The van der Waals surface area contributed by atoms with Gasteiger partial charge in [-0.05, 0) is 43.2 Å². The van der Waals surface area contributed by atoms with Crippen LogP contribution in [0.3, 0.4) is 0 Å². The molecular formula is C22H24FN3O4. The van der Waals surface area contributed by atoms with Crippen LogP contribution in [-0.4, -0.2) is 61.0 Å². The van der Waals surface area contributed by atoms with Gasteiger partial charge in [-0.15, -0.1) is 0 Å². The predicted molar refractivity (Wildman–Crippen MR) is 110 cm³/mol. The van der Waals surface area contributed by atoms with Crippen molar-refractivity contribution in [3.63, 3.8) is 0 Å². The van der Waals surface area contributed by atoms with Crippen molar-refractivity contribution in [2.45, 2.75) is 13.3 Å². The molecule has 8 heteroatoms. The normalized spacial score (nSPS) is 14.1. The van der Waals surface area contributed by atoms with Gasteiger partial charge < -0.3 is 19.9 Å². The Kier molecular flexibility index (Phi) is 6.66. The molecule has 3 rings (SSSR count). The standard InChI is InChI=1S/C22H24FN3O4/c1-15-8-9-16(14-19(15)24-20(27)17-6-3-4-7-18(17)23)21(28)25-10-5-11-26(13-12-25)22(29)30-2/h3-4,6-9,14H,5,10-13H2,1-2H3,(H,24,27). The highest BCUT2D eigenvalue weighted by atomic mass is 19.1. The van der Waals surface area contributed by atoms with E-state index >= 15 is 0 Å². The van der Waals surface area contributed by atoms with E-state index in [0.717, 1.165) is 5.56 Å². The largest absolute Gasteiger partial charge is 0.453 e. The summed E-state index contributed by atoms with van der Waals surface area (Å²) in [5, 5.41) is 2.69. The third kappa shape index (κ3) is 4.76. The summed E-state index contributed by atoms with van der Waals surface area (Å²) in [4.78, 5) is 40.4. The Balaban J connectivity index is 1.74. The molecule has 0 bridgehead atoms. The lowest BCUT2D eigenvalue weighted by molar-refractivity contribution is 0.0757. The molecule has 0 aromatic heterocycles. The van der Waals surface area contributed by atoms with Crippen LogP contribution in [0.15, 0.2) is 42.5 Å². The Labute approximate surface area is 174 Å². The topological polar surface area (TPSA) is 79.0 Å². The Morgan fingerprint density at radius 1 is 1.00 bits per heavy atom. The SMILES string of the molecule is COC(=O)N1CCCN(C(=O)c2ccc(C)c(NC(=O)c3ccccc3F)c2)CC1. The molecule has 1 N–H and O–H groups in total. The second-order valence-electron chi connectivity index (χ2n) is 7.07. The van der Waals surface area contributed by atoms with Gasteiger partial charge in [-0.1, -0.05) is 18.2 Å². The van der Waals surface area contributed by atoms with Gasteiger partial charge in [0.15, 0.2) is 0 Å². The number of benzene rings is 2. The first-order valence-corrected chi connectivity index (χ1v) is 9.69. The van der Waals surface area contributed by atoms with Crippen LogP contribution >= 0.6 is 0 Å². The fraction of sp³-hybridized carbons (Fsp3) is 0.318. The molecule has 0 radical (unpaired) electrons. The van der Waals surface area contributed by atoms with E-state index in [0.29, 0.717) is 43.9 Å². The number of carbonyl (C=O) groups excluding carboxylic acids is 3. The number of anilines is 1. The van der Waals surface area contributed by atoms with Gasteiger partial charge in [-0.2, -0.15) is 0 Å². The molecule has 0 saturated carbocycles. The minimum absolute atomic E-state index is 0.0657. The molecule has 1 aliphatic heterocycles. The molecule has 0 unspecified atom stereocenters. The number of rotatable bonds is 3. The van der Waals surface area contributed by atoms with E-state index in [1.165, 1.54) is 25.3 Å². The van der Waals surface area contributed by atoms with Crippen molar-refractivity contribution in [3.05, 3.63) is 65.0 Å². The number of halogens is 1. The highest BCUT2D eigenvalue weighted by molar-refractivity contribution is 6.05. The third-order valence-electron chi connectivity index (χ3n) is 5.07. The monoisotopic (exact) mass is 413 g/mol. The number of methoxy groups -OCH3 is 1. The first kappa shape index (κ1) is 21.3. The number of hydrogen-bond donors (Lipinski definition) is 1. The summed E-state index contributed by atoms with van der Waals surface area (Å²) in [6.45, 7) is 3.61. The third-order valence-corrected chi connectivity index (χ3v) is 5.07. The van der Waals surface area contributed by atoms with Gasteiger partial charge in [-0.3, -0.25) is 9.59 Å². The lowest BCUT2D eigenvalue weighted by atomic mass is 10.1. The van der Waals surface area contributed by atoms with Crippen LogP contribution in [0.5, 0.6) is 0 Å². The van der Waals surface area contributed by atoms with Crippen LogP contribution in [0.2, 0.25) is 0 Å². The fourth-order valence-electron chi connectivity index (χ4n) is 3.34. The average Bonchev–Trinajstić information content (AvgIpc) is 3.01. The van der Waals surface area contributed by atoms with Gasteiger partial charge >= 0.3 is 6.09 Å². The number of nitrogens with zero attached hydrogens (tertiary/aromatic N) is 2. The van der Waals surface area contributed by atoms with Gasteiger partial charge in [0.05, 0.1) is 12.7 Å². The molecule has 1 saturated heterocycles. The van der Waals surface area contributed by atoms with Crippen LogP contribution in [-0.2, 0) is 4.74 Å². The molecule has 1 fully saturated rings. The van der Waals surface area contributed by atoms with Crippen LogP contribution in [0.4, 0.5) is 14.9 Å². The Morgan fingerprint density at radius 2 is 1.70 bits per heavy atom. The summed E-state index contributed by atoms with van der Waals surface area (Å²) >= 11 is 0. The maximum Gasteiger partial charge on any atom is 0.409 e. The molecule has 1 aliphatic rings. The minimum Gasteiger partial charge on any atom is -0.453 e. The zero-order valence-corrected chi connectivity index (χ0v) is 17.0. The number of amides is 3. The van der Waals surface area contributed by atoms with Crippen LogP contribution in [0.25, 0.3) is 0 Å². The van der Waals surface area contributed by atoms with Crippen molar-refractivity contribution in [3.8, 4) is 0 Å². The lowest BCUT2D eigenvalue weighted by Crippen LogP contribution is -2.37. The molecule has 2 aromatic carbocycles. The van der Waals surface area contributed by atoms with Gasteiger partial charge in [-0.25, -0.2) is 9.18 Å². The van der Waals surface area contributed by atoms with E-state index in [9.17, 15) is 18.8 Å². The highest BCUT2D eigenvalue weighted by Crippen LogP contribution is 2.20. The minimum atomic E-state index is -0.611. The van der Waals surface area contributed by atoms with Gasteiger partial charge in [0, 0.05) is 37.4 Å². The van der Waals surface area contributed by atoms with E-state index in [1.54, 1.807) is 41.0 Å². The van der Waals surface area contributed by atoms with E-state index < -0.39 is 17.8 Å². The second-order valence-corrected chi connectivity index (χ2v) is 7.07. The van der Waals surface area contributed by atoms with Crippen LogP contribution in [0.1, 0.15) is 32.7 Å². The Morgan fingerprint density at radius 3 is 2.43 bits per heavy atom. The quantitative estimate of drug-likeness (QED) is 0.838. The molecule has 0 atom stereocenters. The zero-order chi connectivity index (χ0) is 21.7. The summed E-state index contributed by atoms with van der Waals surface area (Å²) in [5.74, 6) is -1.38. The smallest absolute Gasteiger partial charge is 0.409 e. The molecule has 0 spiro atoms. The van der Waals surface area contributed by atoms with Crippen molar-refractivity contribution in [1.82, 2.24) is 9.80 Å². The molecule has 3 amide bonds. The first-order chi connectivity index (χ1) is 14.4. The number of hydrogen-bond acceptors (Lipinski definition) is 4. The van der Waals surface area contributed by atoms with E-state index in [1.807, 2.05) is 0 Å². The maximum atomic E-state index is 13.9. The maximum absolute atomic E-state index is 13.9. The zero-order valence-electron chi connectivity index (χ0n) is 17.0. The Hall–Kier alpha value is -3.42. The Bertz CT molecular complexity index is 963. The molecule has 0 aliphatic carbocycles. The summed E-state index contributed by atoms with van der Waals surface area (Å²) in [6.07, 6.45) is 0.238. The molecule has 1 heterocycles. The van der Waals surface area contributed by atoms with E-state index in [-0.39, 0.29) is 11.5 Å². The van der Waals surface area contributed by atoms with Crippen molar-refractivity contribution in [2.75, 3.05) is 38.6 Å². The molecule has 158 valence electrons. The van der Waals surface area contributed by atoms with Crippen molar-refractivity contribution < 1.29 is 23.5 Å². The summed E-state index contributed by atoms with van der Waals surface area (Å²) in [6, 6.07) is 10.8. The number of ether oxygens (including phenoxy) is 1. The van der Waals surface area contributed by atoms with Crippen molar-refractivity contribution in [2.24, 2.45) is 0 Å². The summed E-state index contributed by atoms with van der Waals surface area (Å²) in [5.41, 5.74) is 1.55. The predicted octanol–water partition coefficient (Wildman–Crippen LogP) is 3.30. The van der Waals surface area contributed by atoms with Crippen molar-refractivity contribution >= 4 is 23.6 Å². The highest BCUT2D eigenvalue weighted by Gasteiger charge is 2.23. The molecule has 7 nitrogen and oxygen atoms in total. The number of nitrogens with one attached hydrogen (secondary N) is 1. The van der Waals surface area contributed by atoms with Gasteiger partial charge in [0.2, 0.25) is 0 Å². The van der Waals surface area contributed by atoms with E-state index in [2.05, 4.69) is 5.32 Å². The van der Waals surface area contributed by atoms with E-state index in [4.69, 9.17) is 4.74 Å². The average molecular weight is 413 g/mol. The second kappa shape index (κ2) is 9.39. The molecular weight excluding hydrogens is 389 g/mol. The molecule has 30 heavy (non-hydrogen) atoms. The summed E-state index contributed by atoms with van der Waals surface area (Å²) in [7, 11) is 1.33. The lowest BCUT2D eigenvalue weighted by Gasteiger charge is -2.22. The fourth-order valence-corrected chi connectivity index (χ4v) is 3.34. The van der Waals surface area contributed by atoms with Crippen LogP contribution in [0, 0.1) is 12.7 Å². The van der Waals surface area contributed by atoms with Crippen molar-refractivity contribution in [1.29, 1.82) is 0 Å². The number of aryl methyl sites for hydroxylation is 1. The van der Waals surface area contributed by atoms with Gasteiger partial charge in [0.1, 0.15) is 5.82 Å². The first-order valence-electron chi connectivity index (χ1n) is 9.69. The molecule has 2 aromatic rings. The summed E-state index contributed by atoms with van der Waals surface area (Å²) < 4.78 is 18.6. The number of carbonyl (C=O) groups is 3. The van der Waals surface area contributed by atoms with Crippen LogP contribution < -0.4 is 5.32 Å². The van der Waals surface area contributed by atoms with Gasteiger partial charge in [0.25, 0.3) is 11.8 Å².